The quantitative estimate of drug-likeness (QED) is 0.730. The molecule has 3 rings (SSSR count). The first-order valence-corrected chi connectivity index (χ1v) is 6.27. The van der Waals surface area contributed by atoms with Gasteiger partial charge in [-0.25, -0.2) is 0 Å². The van der Waals surface area contributed by atoms with Crippen molar-refractivity contribution in [2.45, 2.75) is 38.0 Å². The number of benzene rings is 1. The molecule has 0 amide bonds. The Kier molecular flexibility index (Phi) is 2.63. The number of likely N-dealkylation sites (tertiary alicyclic amines) is 1. The fraction of sp³-hybridized carbons (Fsp3) is 0.500. The van der Waals surface area contributed by atoms with Gasteiger partial charge in [0.1, 0.15) is 12.1 Å². The van der Waals surface area contributed by atoms with E-state index in [1.54, 1.807) is 0 Å². The molecular weight excluding hydrogens is 214 g/mol. The van der Waals surface area contributed by atoms with Gasteiger partial charge < -0.3 is 4.74 Å². The average molecular weight is 231 g/mol. The number of hydrogen-bond acceptors (Lipinski definition) is 3. The van der Waals surface area contributed by atoms with Crippen molar-refractivity contribution >= 4 is 5.97 Å². The lowest BCUT2D eigenvalue weighted by Crippen LogP contribution is -2.43. The van der Waals surface area contributed by atoms with Gasteiger partial charge in [0.05, 0.1) is 0 Å². The van der Waals surface area contributed by atoms with Crippen molar-refractivity contribution in [3.63, 3.8) is 0 Å². The molecule has 1 aromatic rings. The van der Waals surface area contributed by atoms with Crippen LogP contribution < -0.4 is 0 Å². The maximum atomic E-state index is 11.7. The van der Waals surface area contributed by atoms with E-state index in [9.17, 15) is 4.79 Å². The third-order valence-corrected chi connectivity index (χ3v) is 3.93. The van der Waals surface area contributed by atoms with Gasteiger partial charge in [-0.05, 0) is 18.9 Å². The molecule has 2 heterocycles. The van der Waals surface area contributed by atoms with E-state index in [0.717, 1.165) is 19.4 Å². The lowest BCUT2D eigenvalue weighted by molar-refractivity contribution is -0.143. The highest BCUT2D eigenvalue weighted by atomic mass is 16.6. The van der Waals surface area contributed by atoms with Crippen LogP contribution in [0.25, 0.3) is 0 Å². The molecule has 2 saturated heterocycles. The number of carbonyl (C=O) groups excluding carboxylic acids is 1. The Bertz CT molecular complexity index is 417. The van der Waals surface area contributed by atoms with E-state index in [-0.39, 0.29) is 24.2 Å². The van der Waals surface area contributed by atoms with Crippen LogP contribution in [0.3, 0.4) is 0 Å². The minimum absolute atomic E-state index is 0.0241. The minimum Gasteiger partial charge on any atom is -0.461 e. The van der Waals surface area contributed by atoms with E-state index in [4.69, 9.17) is 4.74 Å². The van der Waals surface area contributed by atoms with Gasteiger partial charge >= 0.3 is 5.97 Å². The molecule has 17 heavy (non-hydrogen) atoms. The van der Waals surface area contributed by atoms with Crippen molar-refractivity contribution in [1.82, 2.24) is 4.90 Å². The first-order valence-electron chi connectivity index (χ1n) is 6.27. The Hall–Kier alpha value is -1.35. The molecule has 2 aliphatic heterocycles. The summed E-state index contributed by atoms with van der Waals surface area (Å²) in [6.07, 6.45) is 2.02. The molecule has 0 N–H and O–H groups in total. The molecule has 0 saturated carbocycles. The highest BCUT2D eigenvalue weighted by Gasteiger charge is 2.44. The van der Waals surface area contributed by atoms with E-state index in [2.05, 4.69) is 24.0 Å². The van der Waals surface area contributed by atoms with Gasteiger partial charge in [-0.2, -0.15) is 0 Å². The molecule has 3 heteroatoms. The summed E-state index contributed by atoms with van der Waals surface area (Å²) in [7, 11) is 0. The van der Waals surface area contributed by atoms with Crippen molar-refractivity contribution < 1.29 is 9.53 Å². The summed E-state index contributed by atoms with van der Waals surface area (Å²) in [6.45, 7) is 3.12. The fourth-order valence-electron chi connectivity index (χ4n) is 2.92. The second kappa shape index (κ2) is 4.15. The van der Waals surface area contributed by atoms with Crippen LogP contribution in [-0.2, 0) is 9.53 Å². The number of fused-ring (bicyclic) bond motifs is 2. The van der Waals surface area contributed by atoms with E-state index in [1.807, 2.05) is 18.2 Å². The van der Waals surface area contributed by atoms with Crippen molar-refractivity contribution in [1.29, 1.82) is 0 Å². The Balaban J connectivity index is 1.82. The molecule has 0 aliphatic carbocycles. The fourth-order valence-corrected chi connectivity index (χ4v) is 2.92. The Morgan fingerprint density at radius 3 is 2.88 bits per heavy atom. The molecular formula is C14H17NO2. The van der Waals surface area contributed by atoms with Crippen LogP contribution in [0.4, 0.5) is 0 Å². The number of carbonyl (C=O) groups is 1. The molecule has 3 nitrogen and oxygen atoms in total. The van der Waals surface area contributed by atoms with Gasteiger partial charge in [-0.15, -0.1) is 0 Å². The van der Waals surface area contributed by atoms with Gasteiger partial charge in [0, 0.05) is 19.0 Å². The van der Waals surface area contributed by atoms with Crippen molar-refractivity contribution in [3.05, 3.63) is 35.9 Å². The molecule has 1 aromatic carbocycles. The van der Waals surface area contributed by atoms with Crippen molar-refractivity contribution in [3.8, 4) is 0 Å². The van der Waals surface area contributed by atoms with Crippen LogP contribution in [0, 0.1) is 0 Å². The van der Waals surface area contributed by atoms with Crippen LogP contribution in [-0.4, -0.2) is 29.6 Å². The van der Waals surface area contributed by atoms with Gasteiger partial charge in [0.25, 0.3) is 0 Å². The Morgan fingerprint density at radius 2 is 2.12 bits per heavy atom. The topological polar surface area (TPSA) is 29.5 Å². The predicted molar refractivity (Wildman–Crippen MR) is 64.5 cm³/mol. The minimum atomic E-state index is -0.0321. The number of esters is 1. The van der Waals surface area contributed by atoms with Crippen LogP contribution in [0.15, 0.2) is 30.3 Å². The first-order chi connectivity index (χ1) is 8.25. The SMILES string of the molecule is CC(c1ccccc1)N1CCC2CC1C(=O)O2. The van der Waals surface area contributed by atoms with E-state index in [0.29, 0.717) is 0 Å². The second-order valence-corrected chi connectivity index (χ2v) is 4.92. The van der Waals surface area contributed by atoms with Crippen molar-refractivity contribution in [2.75, 3.05) is 6.54 Å². The first kappa shape index (κ1) is 10.8. The number of piperidine rings is 1. The highest BCUT2D eigenvalue weighted by molar-refractivity contribution is 5.78. The molecule has 90 valence electrons. The molecule has 0 radical (unpaired) electrons. The summed E-state index contributed by atoms with van der Waals surface area (Å²) in [5.41, 5.74) is 1.27. The van der Waals surface area contributed by atoms with E-state index in [1.165, 1.54) is 5.56 Å². The number of hydrogen-bond donors (Lipinski definition) is 0. The summed E-state index contributed by atoms with van der Waals surface area (Å²) in [5.74, 6) is -0.0321. The van der Waals surface area contributed by atoms with Crippen molar-refractivity contribution in [2.24, 2.45) is 0 Å². The summed E-state index contributed by atoms with van der Waals surface area (Å²) in [6, 6.07) is 10.6. The Morgan fingerprint density at radius 1 is 1.35 bits per heavy atom. The monoisotopic (exact) mass is 231 g/mol. The third-order valence-electron chi connectivity index (χ3n) is 3.93. The number of rotatable bonds is 2. The molecule has 0 spiro atoms. The molecule has 2 fully saturated rings. The summed E-state index contributed by atoms with van der Waals surface area (Å²) in [5, 5.41) is 0. The molecule has 3 atom stereocenters. The second-order valence-electron chi connectivity index (χ2n) is 4.92. The zero-order chi connectivity index (χ0) is 11.8. The van der Waals surface area contributed by atoms with E-state index < -0.39 is 0 Å². The van der Waals surface area contributed by atoms with Crippen LogP contribution in [0.1, 0.15) is 31.4 Å². The summed E-state index contributed by atoms with van der Waals surface area (Å²) >= 11 is 0. The van der Waals surface area contributed by atoms with Gasteiger partial charge in [0.15, 0.2) is 0 Å². The lowest BCUT2D eigenvalue weighted by atomic mass is 9.98. The largest absolute Gasteiger partial charge is 0.461 e. The zero-order valence-corrected chi connectivity index (χ0v) is 10.0. The summed E-state index contributed by atoms with van der Waals surface area (Å²) < 4.78 is 5.32. The maximum absolute atomic E-state index is 11.7. The lowest BCUT2D eigenvalue weighted by Gasteiger charge is -2.34. The van der Waals surface area contributed by atoms with E-state index >= 15 is 0 Å². The van der Waals surface area contributed by atoms with Gasteiger partial charge in [0.2, 0.25) is 0 Å². The smallest absolute Gasteiger partial charge is 0.323 e. The Labute approximate surface area is 101 Å². The molecule has 0 aromatic heterocycles. The summed E-state index contributed by atoms with van der Waals surface area (Å²) in [4.78, 5) is 14.0. The zero-order valence-electron chi connectivity index (χ0n) is 10.0. The van der Waals surface area contributed by atoms with Crippen LogP contribution in [0.2, 0.25) is 0 Å². The number of ether oxygens (including phenoxy) is 1. The normalized spacial score (nSPS) is 30.1. The maximum Gasteiger partial charge on any atom is 0.323 e. The van der Waals surface area contributed by atoms with Crippen LogP contribution >= 0.6 is 0 Å². The average Bonchev–Trinajstić information content (AvgIpc) is 2.66. The van der Waals surface area contributed by atoms with Gasteiger partial charge in [-0.3, -0.25) is 9.69 Å². The third kappa shape index (κ3) is 1.84. The molecule has 2 aliphatic rings. The number of nitrogens with zero attached hydrogens (tertiary/aromatic N) is 1. The van der Waals surface area contributed by atoms with Gasteiger partial charge in [-0.1, -0.05) is 30.3 Å². The molecule has 2 bridgehead atoms. The molecule has 3 unspecified atom stereocenters. The predicted octanol–water partition coefficient (Wildman–Crippen LogP) is 2.14. The van der Waals surface area contributed by atoms with Crippen LogP contribution in [0.5, 0.6) is 0 Å². The standard InChI is InChI=1S/C14H17NO2/c1-10(11-5-3-2-4-6-11)15-8-7-12-9-13(15)14(16)17-12/h2-6,10,12-13H,7-9H2,1H3. The highest BCUT2D eigenvalue weighted by Crippen LogP contribution is 2.34.